The lowest BCUT2D eigenvalue weighted by Crippen LogP contribution is -2.48. The maximum absolute atomic E-state index is 11.6. The number of likely N-dealkylation sites (N-methyl/N-ethyl adjacent to an activating group) is 1. The van der Waals surface area contributed by atoms with Crippen LogP contribution in [0.4, 0.5) is 0 Å². The van der Waals surface area contributed by atoms with Crippen LogP contribution in [0.5, 0.6) is 0 Å². The summed E-state index contributed by atoms with van der Waals surface area (Å²) in [6, 6.07) is 0. The molecule has 1 unspecified atom stereocenters. The average molecular weight is 275 g/mol. The highest BCUT2D eigenvalue weighted by atomic mass is 32.2. The highest BCUT2D eigenvalue weighted by molar-refractivity contribution is 8.00. The minimum Gasteiger partial charge on any atom is -0.468 e. The summed E-state index contributed by atoms with van der Waals surface area (Å²) in [5, 5.41) is 3.01. The van der Waals surface area contributed by atoms with Crippen LogP contribution in [0, 0.1) is 0 Å². The maximum atomic E-state index is 11.6. The number of rotatable bonds is 7. The van der Waals surface area contributed by atoms with Gasteiger partial charge in [0.25, 0.3) is 0 Å². The highest BCUT2D eigenvalue weighted by Gasteiger charge is 2.31. The van der Waals surface area contributed by atoms with Crippen molar-refractivity contribution in [2.75, 3.05) is 19.9 Å². The number of methoxy groups -OCH3 is 1. The maximum Gasteiger partial charge on any atom is 0.325 e. The van der Waals surface area contributed by atoms with Crippen molar-refractivity contribution < 1.29 is 9.53 Å². The number of carbonyl (C=O) groups is 1. The molecular formula is C10H17N3O2S2. The van der Waals surface area contributed by atoms with E-state index in [4.69, 9.17) is 4.74 Å². The molecule has 0 aliphatic rings. The van der Waals surface area contributed by atoms with Crippen LogP contribution in [-0.2, 0) is 9.53 Å². The molecular weight excluding hydrogens is 258 g/mol. The molecule has 0 radical (unpaired) electrons. The number of hydrogen-bond donors (Lipinski definition) is 1. The van der Waals surface area contributed by atoms with Gasteiger partial charge in [-0.3, -0.25) is 4.79 Å². The van der Waals surface area contributed by atoms with E-state index >= 15 is 0 Å². The molecule has 0 aromatic carbocycles. The second-order valence-electron chi connectivity index (χ2n) is 3.73. The van der Waals surface area contributed by atoms with Gasteiger partial charge in [0.05, 0.1) is 7.11 Å². The average Bonchev–Trinajstić information content (AvgIpc) is 2.86. The molecule has 0 fully saturated rings. The van der Waals surface area contributed by atoms with Crippen LogP contribution in [0.25, 0.3) is 0 Å². The number of nitrogens with one attached hydrogen (secondary N) is 1. The van der Waals surface area contributed by atoms with Crippen molar-refractivity contribution in [2.45, 2.75) is 29.6 Å². The van der Waals surface area contributed by atoms with Gasteiger partial charge in [-0.2, -0.15) is 4.37 Å². The van der Waals surface area contributed by atoms with Gasteiger partial charge >= 0.3 is 5.97 Å². The molecule has 1 atom stereocenters. The second kappa shape index (κ2) is 6.93. The molecule has 1 aromatic heterocycles. The number of carbonyl (C=O) groups excluding carboxylic acids is 1. The Labute approximate surface area is 110 Å². The second-order valence-corrected chi connectivity index (χ2v) is 5.86. The molecule has 0 saturated heterocycles. The van der Waals surface area contributed by atoms with Crippen molar-refractivity contribution in [1.82, 2.24) is 14.7 Å². The Morgan fingerprint density at radius 1 is 1.71 bits per heavy atom. The Hall–Kier alpha value is -0.660. The topological polar surface area (TPSA) is 64.1 Å². The van der Waals surface area contributed by atoms with Gasteiger partial charge in [-0.25, -0.2) is 4.98 Å². The predicted octanol–water partition coefficient (Wildman–Crippen LogP) is 1.56. The van der Waals surface area contributed by atoms with Gasteiger partial charge in [0.2, 0.25) is 0 Å². The summed E-state index contributed by atoms with van der Waals surface area (Å²) in [6.07, 6.45) is 3.21. The predicted molar refractivity (Wildman–Crippen MR) is 69.3 cm³/mol. The lowest BCUT2D eigenvalue weighted by molar-refractivity contribution is -0.148. The summed E-state index contributed by atoms with van der Waals surface area (Å²) in [5.41, 5.74) is -0.601. The molecule has 5 nitrogen and oxygen atoms in total. The lowest BCUT2D eigenvalue weighted by atomic mass is 9.97. The molecule has 1 N–H and O–H groups in total. The third-order valence-electron chi connectivity index (χ3n) is 2.58. The number of thioether (sulfide) groups is 1. The zero-order valence-electron chi connectivity index (χ0n) is 10.2. The third kappa shape index (κ3) is 4.25. The van der Waals surface area contributed by atoms with Gasteiger partial charge < -0.3 is 10.1 Å². The Balaban J connectivity index is 2.31. The van der Waals surface area contributed by atoms with E-state index in [-0.39, 0.29) is 5.97 Å². The lowest BCUT2D eigenvalue weighted by Gasteiger charge is -2.25. The summed E-state index contributed by atoms with van der Waals surface area (Å²) < 4.78 is 9.68. The first-order chi connectivity index (χ1) is 8.12. The summed E-state index contributed by atoms with van der Waals surface area (Å²) in [4.78, 5) is 15.7. The van der Waals surface area contributed by atoms with E-state index in [1.807, 2.05) is 6.92 Å². The minimum absolute atomic E-state index is 0.221. The third-order valence-corrected chi connectivity index (χ3v) is 4.46. The normalized spacial score (nSPS) is 14.3. The van der Waals surface area contributed by atoms with Crippen molar-refractivity contribution in [1.29, 1.82) is 0 Å². The first-order valence-electron chi connectivity index (χ1n) is 5.29. The van der Waals surface area contributed by atoms with Gasteiger partial charge in [-0.15, -0.1) is 0 Å². The van der Waals surface area contributed by atoms with Gasteiger partial charge in [0.1, 0.15) is 11.9 Å². The summed E-state index contributed by atoms with van der Waals surface area (Å²) in [5.74, 6) is 0.699. The van der Waals surface area contributed by atoms with Crippen LogP contribution in [0.15, 0.2) is 10.7 Å². The van der Waals surface area contributed by atoms with Crippen molar-refractivity contribution in [3.63, 3.8) is 0 Å². The van der Waals surface area contributed by atoms with Crippen LogP contribution in [0.2, 0.25) is 0 Å². The van der Waals surface area contributed by atoms with Crippen LogP contribution in [0.1, 0.15) is 19.8 Å². The quantitative estimate of drug-likeness (QED) is 0.463. The molecule has 0 bridgehead atoms. The SMILES string of the molecule is CNC(C)(CCCSc1ncns1)C(=O)OC. The van der Waals surface area contributed by atoms with Gasteiger partial charge in [0, 0.05) is 5.75 Å². The first kappa shape index (κ1) is 14.4. The Morgan fingerprint density at radius 2 is 2.47 bits per heavy atom. The highest BCUT2D eigenvalue weighted by Crippen LogP contribution is 2.22. The number of aromatic nitrogens is 2. The van der Waals surface area contributed by atoms with E-state index in [0.717, 1.165) is 22.9 Å². The number of hydrogen-bond acceptors (Lipinski definition) is 7. The molecule has 7 heteroatoms. The zero-order valence-corrected chi connectivity index (χ0v) is 11.9. The van der Waals surface area contributed by atoms with Gasteiger partial charge in [-0.1, -0.05) is 11.8 Å². The summed E-state index contributed by atoms with van der Waals surface area (Å²) >= 11 is 3.05. The van der Waals surface area contributed by atoms with Crippen molar-refractivity contribution in [2.24, 2.45) is 0 Å². The molecule has 96 valence electrons. The monoisotopic (exact) mass is 275 g/mol. The molecule has 0 aliphatic carbocycles. The summed E-state index contributed by atoms with van der Waals surface area (Å²) in [7, 11) is 3.18. The molecule has 0 spiro atoms. The molecule has 17 heavy (non-hydrogen) atoms. The molecule has 0 amide bonds. The fourth-order valence-electron chi connectivity index (χ4n) is 1.37. The number of nitrogens with zero attached hydrogens (tertiary/aromatic N) is 2. The van der Waals surface area contributed by atoms with E-state index in [1.54, 1.807) is 25.1 Å². The number of ether oxygens (including phenoxy) is 1. The molecule has 1 aromatic rings. The fourth-order valence-corrected chi connectivity index (χ4v) is 2.82. The smallest absolute Gasteiger partial charge is 0.325 e. The van der Waals surface area contributed by atoms with E-state index in [2.05, 4.69) is 14.7 Å². The fraction of sp³-hybridized carbons (Fsp3) is 0.700. The standard InChI is InChI=1S/C10H17N3O2S2/c1-10(11-2,8(14)15-3)5-4-6-16-9-12-7-13-17-9/h7,11H,4-6H2,1-3H3. The minimum atomic E-state index is -0.601. The molecule has 0 saturated carbocycles. The van der Waals surface area contributed by atoms with Crippen LogP contribution < -0.4 is 5.32 Å². The van der Waals surface area contributed by atoms with Gasteiger partial charge in [-0.05, 0) is 38.3 Å². The zero-order chi connectivity index (χ0) is 12.7. The van der Waals surface area contributed by atoms with Crippen molar-refractivity contribution >= 4 is 29.3 Å². The van der Waals surface area contributed by atoms with Crippen molar-refractivity contribution in [3.8, 4) is 0 Å². The molecule has 1 heterocycles. The van der Waals surface area contributed by atoms with Gasteiger partial charge in [0.15, 0.2) is 4.34 Å². The molecule has 0 aliphatic heterocycles. The van der Waals surface area contributed by atoms with E-state index < -0.39 is 5.54 Å². The van der Waals surface area contributed by atoms with Crippen molar-refractivity contribution in [3.05, 3.63) is 6.33 Å². The number of esters is 1. The largest absolute Gasteiger partial charge is 0.468 e. The Morgan fingerprint density at radius 3 is 3.00 bits per heavy atom. The molecule has 1 rings (SSSR count). The first-order valence-corrected chi connectivity index (χ1v) is 7.05. The van der Waals surface area contributed by atoms with Crippen LogP contribution >= 0.6 is 23.3 Å². The Kier molecular flexibility index (Phi) is 5.87. The Bertz CT molecular complexity index is 345. The van der Waals surface area contributed by atoms with E-state index in [0.29, 0.717) is 0 Å². The van der Waals surface area contributed by atoms with Crippen LogP contribution in [0.3, 0.4) is 0 Å². The van der Waals surface area contributed by atoms with Crippen LogP contribution in [-0.4, -0.2) is 40.8 Å². The van der Waals surface area contributed by atoms with E-state index in [9.17, 15) is 4.79 Å². The summed E-state index contributed by atoms with van der Waals surface area (Å²) in [6.45, 7) is 1.86. The van der Waals surface area contributed by atoms with E-state index in [1.165, 1.54) is 18.6 Å².